The summed E-state index contributed by atoms with van der Waals surface area (Å²) in [6, 6.07) is 11.5. The van der Waals surface area contributed by atoms with E-state index in [1.54, 1.807) is 13.2 Å². The highest BCUT2D eigenvalue weighted by Crippen LogP contribution is 2.24. The Hall–Kier alpha value is -2.49. The van der Waals surface area contributed by atoms with E-state index in [0.29, 0.717) is 19.4 Å². The molecular formula is C17H19NO3. The molecule has 2 rings (SSSR count). The number of benzene rings is 1. The van der Waals surface area contributed by atoms with Gasteiger partial charge in [-0.2, -0.15) is 0 Å². The lowest BCUT2D eigenvalue weighted by Gasteiger charge is -2.02. The van der Waals surface area contributed by atoms with Gasteiger partial charge in [-0.1, -0.05) is 6.08 Å². The van der Waals surface area contributed by atoms with E-state index in [4.69, 9.17) is 9.15 Å². The van der Waals surface area contributed by atoms with Gasteiger partial charge in [0.15, 0.2) is 0 Å². The van der Waals surface area contributed by atoms with Crippen LogP contribution in [0.4, 0.5) is 0 Å². The van der Waals surface area contributed by atoms with Crippen LogP contribution < -0.4 is 10.1 Å². The largest absolute Gasteiger partial charge is 0.497 e. The quantitative estimate of drug-likeness (QED) is 0.795. The Bertz CT molecular complexity index is 599. The number of rotatable bonds is 7. The molecule has 4 nitrogen and oxygen atoms in total. The molecule has 0 fully saturated rings. The van der Waals surface area contributed by atoms with Crippen LogP contribution in [0.2, 0.25) is 0 Å². The molecule has 0 aliphatic heterocycles. The Morgan fingerprint density at radius 1 is 1.29 bits per heavy atom. The first-order valence-electron chi connectivity index (χ1n) is 6.83. The molecule has 0 aliphatic carbocycles. The summed E-state index contributed by atoms with van der Waals surface area (Å²) in [5, 5.41) is 2.74. The maximum atomic E-state index is 11.5. The van der Waals surface area contributed by atoms with Crippen molar-refractivity contribution in [2.75, 3.05) is 13.7 Å². The highest BCUT2D eigenvalue weighted by Gasteiger charge is 2.07. The van der Waals surface area contributed by atoms with Crippen molar-refractivity contribution in [2.45, 2.75) is 12.8 Å². The Morgan fingerprint density at radius 2 is 2.05 bits per heavy atom. The van der Waals surface area contributed by atoms with Crippen LogP contribution in [0.1, 0.15) is 12.2 Å². The molecule has 1 N–H and O–H groups in total. The average molecular weight is 285 g/mol. The van der Waals surface area contributed by atoms with Crippen molar-refractivity contribution >= 4 is 5.91 Å². The van der Waals surface area contributed by atoms with Crippen LogP contribution in [0.3, 0.4) is 0 Å². The second kappa shape index (κ2) is 7.33. The number of carbonyl (C=O) groups excluding carboxylic acids is 1. The van der Waals surface area contributed by atoms with Crippen LogP contribution in [0.25, 0.3) is 11.3 Å². The van der Waals surface area contributed by atoms with Gasteiger partial charge >= 0.3 is 0 Å². The number of ether oxygens (including phenoxy) is 1. The summed E-state index contributed by atoms with van der Waals surface area (Å²) in [6.07, 6.45) is 2.65. The fourth-order valence-corrected chi connectivity index (χ4v) is 1.93. The van der Waals surface area contributed by atoms with Crippen molar-refractivity contribution in [1.82, 2.24) is 5.32 Å². The number of methoxy groups -OCH3 is 1. The second-order valence-electron chi connectivity index (χ2n) is 4.59. The van der Waals surface area contributed by atoms with E-state index in [0.717, 1.165) is 22.8 Å². The minimum absolute atomic E-state index is 0.00250. The van der Waals surface area contributed by atoms with Crippen molar-refractivity contribution < 1.29 is 13.9 Å². The number of furan rings is 1. The number of aryl methyl sites for hydroxylation is 1. The molecule has 0 radical (unpaired) electrons. The number of hydrogen-bond acceptors (Lipinski definition) is 3. The van der Waals surface area contributed by atoms with Crippen LogP contribution in [0, 0.1) is 0 Å². The van der Waals surface area contributed by atoms with Gasteiger partial charge in [-0.15, -0.1) is 6.58 Å². The van der Waals surface area contributed by atoms with Gasteiger partial charge in [-0.25, -0.2) is 0 Å². The topological polar surface area (TPSA) is 51.5 Å². The van der Waals surface area contributed by atoms with Crippen LogP contribution in [0.15, 0.2) is 53.5 Å². The summed E-state index contributed by atoms with van der Waals surface area (Å²) in [5.74, 6) is 2.40. The van der Waals surface area contributed by atoms with Crippen molar-refractivity contribution in [3.63, 3.8) is 0 Å². The van der Waals surface area contributed by atoms with E-state index >= 15 is 0 Å². The molecule has 1 amide bonds. The molecule has 4 heteroatoms. The van der Waals surface area contributed by atoms with Crippen molar-refractivity contribution in [1.29, 1.82) is 0 Å². The molecular weight excluding hydrogens is 266 g/mol. The summed E-state index contributed by atoms with van der Waals surface area (Å²) in [6.45, 7) is 4.05. The minimum atomic E-state index is -0.00250. The van der Waals surface area contributed by atoms with Gasteiger partial charge in [-0.05, 0) is 36.4 Å². The van der Waals surface area contributed by atoms with Gasteiger partial charge < -0.3 is 14.5 Å². The van der Waals surface area contributed by atoms with Crippen molar-refractivity contribution in [3.05, 3.63) is 54.8 Å². The first-order valence-corrected chi connectivity index (χ1v) is 6.83. The van der Waals surface area contributed by atoms with E-state index in [-0.39, 0.29) is 5.91 Å². The predicted molar refractivity (Wildman–Crippen MR) is 82.2 cm³/mol. The van der Waals surface area contributed by atoms with E-state index in [9.17, 15) is 4.79 Å². The predicted octanol–water partition coefficient (Wildman–Crippen LogP) is 3.19. The van der Waals surface area contributed by atoms with Gasteiger partial charge in [0.1, 0.15) is 17.3 Å². The molecule has 1 aromatic carbocycles. The van der Waals surface area contributed by atoms with Gasteiger partial charge in [-0.3, -0.25) is 4.79 Å². The lowest BCUT2D eigenvalue weighted by atomic mass is 10.2. The number of nitrogens with one attached hydrogen (secondary N) is 1. The molecule has 21 heavy (non-hydrogen) atoms. The van der Waals surface area contributed by atoms with E-state index in [2.05, 4.69) is 11.9 Å². The van der Waals surface area contributed by atoms with Crippen LogP contribution in [-0.4, -0.2) is 19.6 Å². The van der Waals surface area contributed by atoms with E-state index in [1.807, 2.05) is 36.4 Å². The molecule has 2 aromatic rings. The summed E-state index contributed by atoms with van der Waals surface area (Å²) < 4.78 is 10.9. The molecule has 0 saturated heterocycles. The maximum absolute atomic E-state index is 11.5. The fraction of sp³-hybridized carbons (Fsp3) is 0.235. The molecule has 0 aliphatic rings. The zero-order chi connectivity index (χ0) is 15.1. The van der Waals surface area contributed by atoms with E-state index < -0.39 is 0 Å². The molecule has 110 valence electrons. The van der Waals surface area contributed by atoms with Crippen molar-refractivity contribution in [3.8, 4) is 17.1 Å². The third kappa shape index (κ3) is 4.24. The van der Waals surface area contributed by atoms with Gasteiger partial charge in [0, 0.05) is 24.9 Å². The molecule has 0 bridgehead atoms. The first kappa shape index (κ1) is 14.9. The maximum Gasteiger partial charge on any atom is 0.220 e. The molecule has 1 heterocycles. The van der Waals surface area contributed by atoms with Gasteiger partial charge in [0.05, 0.1) is 7.11 Å². The van der Waals surface area contributed by atoms with E-state index in [1.165, 1.54) is 0 Å². The summed E-state index contributed by atoms with van der Waals surface area (Å²) in [5.41, 5.74) is 0.984. The lowest BCUT2D eigenvalue weighted by molar-refractivity contribution is -0.120. The highest BCUT2D eigenvalue weighted by atomic mass is 16.5. The molecule has 1 aromatic heterocycles. The zero-order valence-electron chi connectivity index (χ0n) is 12.1. The molecule has 0 saturated carbocycles. The monoisotopic (exact) mass is 285 g/mol. The van der Waals surface area contributed by atoms with Gasteiger partial charge in [0.2, 0.25) is 5.91 Å². The summed E-state index contributed by atoms with van der Waals surface area (Å²) in [4.78, 5) is 11.5. The third-order valence-corrected chi connectivity index (χ3v) is 3.08. The summed E-state index contributed by atoms with van der Waals surface area (Å²) in [7, 11) is 1.64. The molecule has 0 spiro atoms. The average Bonchev–Trinajstić information content (AvgIpc) is 3.00. The second-order valence-corrected chi connectivity index (χ2v) is 4.59. The smallest absolute Gasteiger partial charge is 0.220 e. The zero-order valence-corrected chi connectivity index (χ0v) is 12.1. The molecule has 0 atom stereocenters. The Labute approximate surface area is 124 Å². The number of amides is 1. The van der Waals surface area contributed by atoms with Gasteiger partial charge in [0.25, 0.3) is 0 Å². The van der Waals surface area contributed by atoms with Crippen LogP contribution in [-0.2, 0) is 11.2 Å². The van der Waals surface area contributed by atoms with Crippen molar-refractivity contribution in [2.24, 2.45) is 0 Å². The molecule has 0 unspecified atom stereocenters. The number of hydrogen-bond donors (Lipinski definition) is 1. The third-order valence-electron chi connectivity index (χ3n) is 3.08. The van der Waals surface area contributed by atoms with Crippen LogP contribution in [0.5, 0.6) is 5.75 Å². The first-order chi connectivity index (χ1) is 10.2. The summed E-state index contributed by atoms with van der Waals surface area (Å²) >= 11 is 0. The van der Waals surface area contributed by atoms with Crippen LogP contribution >= 0.6 is 0 Å². The fourth-order valence-electron chi connectivity index (χ4n) is 1.93. The SMILES string of the molecule is C=CCNC(=O)CCc1ccc(-c2ccc(OC)cc2)o1. The standard InChI is InChI=1S/C17H19NO3/c1-3-12-18-17(19)11-9-15-8-10-16(21-15)13-4-6-14(20-2)7-5-13/h3-8,10H,1,9,11-12H2,2H3,(H,18,19). The number of carbonyl (C=O) groups is 1. The minimum Gasteiger partial charge on any atom is -0.497 e. The highest BCUT2D eigenvalue weighted by molar-refractivity contribution is 5.76. The Kier molecular flexibility index (Phi) is 5.21. The lowest BCUT2D eigenvalue weighted by Crippen LogP contribution is -2.23. The Morgan fingerprint density at radius 3 is 2.71 bits per heavy atom. The normalized spacial score (nSPS) is 10.1. The Balaban J connectivity index is 1.94.